The number of hydrogen-bond donors (Lipinski definition) is 2. The molecule has 9 nitrogen and oxygen atoms in total. The fourth-order valence-electron chi connectivity index (χ4n) is 3.65. The first kappa shape index (κ1) is 20.0. The fraction of sp³-hybridized carbons (Fsp3) is 0.400. The minimum atomic E-state index is -0.626. The molecule has 1 aliphatic heterocycles. The van der Waals surface area contributed by atoms with Crippen molar-refractivity contribution in [2.75, 3.05) is 38.1 Å². The lowest BCUT2D eigenvalue weighted by atomic mass is 10.2. The number of nitrogens with one attached hydrogen (secondary N) is 2. The molecule has 0 radical (unpaired) electrons. The maximum Gasteiger partial charge on any atom is 0.272 e. The number of hydrogen-bond acceptors (Lipinski definition) is 6. The molecule has 1 saturated heterocycles. The van der Waals surface area contributed by atoms with Crippen LogP contribution < -0.4 is 15.8 Å². The molecule has 1 fully saturated rings. The van der Waals surface area contributed by atoms with Gasteiger partial charge in [-0.05, 0) is 6.42 Å². The minimum Gasteiger partial charge on any atom is -0.368 e. The summed E-state index contributed by atoms with van der Waals surface area (Å²) in [7, 11) is 1.44. The normalized spacial score (nSPS) is 15.0. The highest BCUT2D eigenvalue weighted by molar-refractivity contribution is 5.92. The monoisotopic (exact) mass is 413 g/mol. The molecule has 4 rings (SSSR count). The number of carbonyl (C=O) groups excluding carboxylic acids is 1. The Kier molecular flexibility index (Phi) is 5.49. The molecule has 1 amide bonds. The van der Waals surface area contributed by atoms with E-state index in [0.717, 1.165) is 18.8 Å². The number of fused-ring (bicyclic) bond motifs is 1. The van der Waals surface area contributed by atoms with Crippen LogP contribution in [-0.4, -0.2) is 63.6 Å². The molecule has 3 aromatic rings. The molecule has 2 N–H and O–H groups in total. The van der Waals surface area contributed by atoms with E-state index in [9.17, 15) is 14.0 Å². The van der Waals surface area contributed by atoms with E-state index < -0.39 is 11.7 Å². The molecule has 3 aromatic heterocycles. The second-order valence-electron chi connectivity index (χ2n) is 7.29. The molecule has 4 heterocycles. The first-order valence-corrected chi connectivity index (χ1v) is 9.94. The van der Waals surface area contributed by atoms with Crippen molar-refractivity contribution in [3.05, 3.63) is 57.6 Å². The fourth-order valence-corrected chi connectivity index (χ4v) is 3.65. The summed E-state index contributed by atoms with van der Waals surface area (Å²) in [6, 6.07) is 3.25. The van der Waals surface area contributed by atoms with Crippen molar-refractivity contribution in [1.29, 1.82) is 0 Å². The van der Waals surface area contributed by atoms with Gasteiger partial charge >= 0.3 is 0 Å². The van der Waals surface area contributed by atoms with Gasteiger partial charge in [-0.25, -0.2) is 13.9 Å². The van der Waals surface area contributed by atoms with E-state index in [1.165, 1.54) is 19.3 Å². The van der Waals surface area contributed by atoms with Gasteiger partial charge in [-0.1, -0.05) is 6.92 Å². The first-order valence-electron chi connectivity index (χ1n) is 9.94. The number of pyridine rings is 1. The van der Waals surface area contributed by atoms with Gasteiger partial charge in [0.25, 0.3) is 11.5 Å². The van der Waals surface area contributed by atoms with Gasteiger partial charge in [0.05, 0.1) is 17.6 Å². The van der Waals surface area contributed by atoms with Gasteiger partial charge in [-0.3, -0.25) is 14.5 Å². The van der Waals surface area contributed by atoms with Gasteiger partial charge in [-0.2, -0.15) is 5.10 Å². The van der Waals surface area contributed by atoms with Crippen LogP contribution in [-0.2, 0) is 13.0 Å². The average Bonchev–Trinajstić information content (AvgIpc) is 3.13. The number of carbonyl (C=O) groups is 1. The molecular formula is C20H24FN7O2. The summed E-state index contributed by atoms with van der Waals surface area (Å²) < 4.78 is 15.9. The Balaban J connectivity index is 1.40. The van der Waals surface area contributed by atoms with Crippen molar-refractivity contribution in [3.8, 4) is 0 Å². The summed E-state index contributed by atoms with van der Waals surface area (Å²) in [5.74, 6) is -1.16. The number of aromatic amines is 1. The SMILES string of the molecule is CCc1cn2nc(CN3CCN(c4cnc(C(=O)NC)c(F)c4)CC3)cc2[nH]c1=O. The van der Waals surface area contributed by atoms with Crippen LogP contribution in [0.2, 0.25) is 0 Å². The van der Waals surface area contributed by atoms with Crippen molar-refractivity contribution in [3.63, 3.8) is 0 Å². The van der Waals surface area contributed by atoms with Crippen LogP contribution in [0.4, 0.5) is 10.1 Å². The van der Waals surface area contributed by atoms with Crippen molar-refractivity contribution < 1.29 is 9.18 Å². The molecule has 1 aliphatic rings. The van der Waals surface area contributed by atoms with Crippen LogP contribution in [0.25, 0.3) is 5.65 Å². The Morgan fingerprint density at radius 2 is 2.03 bits per heavy atom. The van der Waals surface area contributed by atoms with E-state index in [1.54, 1.807) is 10.7 Å². The summed E-state index contributed by atoms with van der Waals surface area (Å²) in [4.78, 5) is 34.7. The number of aromatic nitrogens is 4. The highest BCUT2D eigenvalue weighted by atomic mass is 19.1. The maximum absolute atomic E-state index is 14.2. The highest BCUT2D eigenvalue weighted by Crippen LogP contribution is 2.19. The Morgan fingerprint density at radius 3 is 2.70 bits per heavy atom. The van der Waals surface area contributed by atoms with Crippen LogP contribution in [0.5, 0.6) is 0 Å². The van der Waals surface area contributed by atoms with E-state index in [1.807, 2.05) is 13.0 Å². The number of nitrogens with zero attached hydrogens (tertiary/aromatic N) is 5. The zero-order valence-corrected chi connectivity index (χ0v) is 17.0. The predicted octanol–water partition coefficient (Wildman–Crippen LogP) is 0.801. The zero-order chi connectivity index (χ0) is 21.3. The standard InChI is InChI=1S/C20H24FN7O2/c1-3-13-11-28-17(24-19(13)29)8-14(25-28)12-26-4-6-27(7-5-26)15-9-16(21)18(23-10-15)20(30)22-2/h8-11H,3-7,12H2,1-2H3,(H,22,30)(H,24,29). The van der Waals surface area contributed by atoms with E-state index in [0.29, 0.717) is 43.0 Å². The Labute approximate surface area is 172 Å². The predicted molar refractivity (Wildman–Crippen MR) is 110 cm³/mol. The van der Waals surface area contributed by atoms with Crippen molar-refractivity contribution in [2.45, 2.75) is 19.9 Å². The lowest BCUT2D eigenvalue weighted by Gasteiger charge is -2.35. The van der Waals surface area contributed by atoms with Crippen LogP contribution in [0.1, 0.15) is 28.7 Å². The molecule has 0 aromatic carbocycles. The molecule has 0 aliphatic carbocycles. The third-order valence-corrected chi connectivity index (χ3v) is 5.37. The van der Waals surface area contributed by atoms with E-state index >= 15 is 0 Å². The number of rotatable bonds is 5. The second kappa shape index (κ2) is 8.23. The molecule has 0 unspecified atom stereocenters. The summed E-state index contributed by atoms with van der Waals surface area (Å²) in [6.45, 7) is 5.59. The van der Waals surface area contributed by atoms with Crippen molar-refractivity contribution in [1.82, 2.24) is 29.8 Å². The van der Waals surface area contributed by atoms with Gasteiger partial charge in [0.1, 0.15) is 5.65 Å². The molecular weight excluding hydrogens is 389 g/mol. The van der Waals surface area contributed by atoms with Gasteiger partial charge in [0.15, 0.2) is 11.5 Å². The maximum atomic E-state index is 14.2. The molecule has 30 heavy (non-hydrogen) atoms. The number of halogens is 1. The van der Waals surface area contributed by atoms with Gasteiger partial charge in [-0.15, -0.1) is 0 Å². The third kappa shape index (κ3) is 3.90. The topological polar surface area (TPSA) is 98.6 Å². The average molecular weight is 413 g/mol. The molecule has 158 valence electrons. The van der Waals surface area contributed by atoms with Crippen molar-refractivity contribution >= 4 is 17.2 Å². The van der Waals surface area contributed by atoms with Gasteiger partial charge in [0.2, 0.25) is 0 Å². The smallest absolute Gasteiger partial charge is 0.272 e. The first-order chi connectivity index (χ1) is 14.5. The molecule has 0 saturated carbocycles. The zero-order valence-electron chi connectivity index (χ0n) is 17.0. The molecule has 0 atom stereocenters. The van der Waals surface area contributed by atoms with E-state index in [2.05, 4.69) is 30.2 Å². The number of piperazine rings is 1. The summed E-state index contributed by atoms with van der Waals surface area (Å²) in [5.41, 5.74) is 2.66. The van der Waals surface area contributed by atoms with E-state index in [4.69, 9.17) is 0 Å². The Bertz CT molecular complexity index is 1130. The summed E-state index contributed by atoms with van der Waals surface area (Å²) in [5, 5.41) is 6.95. The number of aryl methyl sites for hydroxylation is 1. The number of H-pyrrole nitrogens is 1. The number of amides is 1. The van der Waals surface area contributed by atoms with Crippen LogP contribution in [0.15, 0.2) is 29.3 Å². The lowest BCUT2D eigenvalue weighted by molar-refractivity contribution is 0.0953. The Hall–Kier alpha value is -3.27. The molecule has 0 bridgehead atoms. The highest BCUT2D eigenvalue weighted by Gasteiger charge is 2.21. The summed E-state index contributed by atoms with van der Waals surface area (Å²) >= 11 is 0. The molecule has 0 spiro atoms. The van der Waals surface area contributed by atoms with E-state index in [-0.39, 0.29) is 11.3 Å². The van der Waals surface area contributed by atoms with Crippen LogP contribution in [0, 0.1) is 5.82 Å². The van der Waals surface area contributed by atoms with Gasteiger partial charge in [0, 0.05) is 63.7 Å². The minimum absolute atomic E-state index is 0.0756. The van der Waals surface area contributed by atoms with Crippen molar-refractivity contribution in [2.24, 2.45) is 0 Å². The quantitative estimate of drug-likeness (QED) is 0.642. The summed E-state index contributed by atoms with van der Waals surface area (Å²) in [6.07, 6.45) is 3.97. The van der Waals surface area contributed by atoms with Gasteiger partial charge < -0.3 is 15.2 Å². The van der Waals surface area contributed by atoms with Crippen LogP contribution in [0.3, 0.4) is 0 Å². The second-order valence-corrected chi connectivity index (χ2v) is 7.29. The van der Waals surface area contributed by atoms with Crippen LogP contribution >= 0.6 is 0 Å². The number of anilines is 1. The third-order valence-electron chi connectivity index (χ3n) is 5.37. The largest absolute Gasteiger partial charge is 0.368 e. The Morgan fingerprint density at radius 1 is 1.27 bits per heavy atom. The lowest BCUT2D eigenvalue weighted by Crippen LogP contribution is -2.46. The molecule has 10 heteroatoms.